The predicted molar refractivity (Wildman–Crippen MR) is 72.3 cm³/mol. The van der Waals surface area contributed by atoms with E-state index in [0.29, 0.717) is 19.1 Å². The van der Waals surface area contributed by atoms with Gasteiger partial charge in [0.2, 0.25) is 0 Å². The maximum atomic E-state index is 5.60. The van der Waals surface area contributed by atoms with Gasteiger partial charge in [-0.3, -0.25) is 0 Å². The molecule has 0 N–H and O–H groups in total. The van der Waals surface area contributed by atoms with Crippen LogP contribution in [0.25, 0.3) is 0 Å². The zero-order valence-corrected chi connectivity index (χ0v) is 11.1. The molecule has 96 valence electrons. The van der Waals surface area contributed by atoms with Gasteiger partial charge < -0.3 is 9.15 Å². The summed E-state index contributed by atoms with van der Waals surface area (Å²) in [7, 11) is 0. The summed E-state index contributed by atoms with van der Waals surface area (Å²) in [6.07, 6.45) is 2.84. The first-order valence-electron chi connectivity index (χ1n) is 6.48. The van der Waals surface area contributed by atoms with E-state index in [4.69, 9.17) is 9.15 Å². The van der Waals surface area contributed by atoms with Crippen LogP contribution in [0.5, 0.6) is 0 Å². The molecule has 1 aromatic carbocycles. The van der Waals surface area contributed by atoms with Crippen molar-refractivity contribution in [3.05, 3.63) is 59.5 Å². The average molecular weight is 244 g/mol. The molecule has 0 radical (unpaired) electrons. The van der Waals surface area contributed by atoms with Gasteiger partial charge >= 0.3 is 0 Å². The Bertz CT molecular complexity index is 442. The molecule has 0 bridgehead atoms. The van der Waals surface area contributed by atoms with E-state index in [-0.39, 0.29) is 0 Å². The van der Waals surface area contributed by atoms with Gasteiger partial charge in [-0.1, -0.05) is 38.1 Å². The van der Waals surface area contributed by atoms with Gasteiger partial charge in [-0.05, 0) is 35.6 Å². The number of furan rings is 1. The molecule has 0 saturated carbocycles. The van der Waals surface area contributed by atoms with Crippen LogP contribution in [-0.2, 0) is 18.0 Å². The van der Waals surface area contributed by atoms with Crippen molar-refractivity contribution in [1.82, 2.24) is 0 Å². The first-order chi connectivity index (χ1) is 8.79. The average Bonchev–Trinajstić information content (AvgIpc) is 2.92. The van der Waals surface area contributed by atoms with Crippen molar-refractivity contribution in [3.63, 3.8) is 0 Å². The molecule has 2 heteroatoms. The van der Waals surface area contributed by atoms with E-state index >= 15 is 0 Å². The van der Waals surface area contributed by atoms with E-state index in [1.54, 1.807) is 6.26 Å². The molecule has 2 aromatic rings. The van der Waals surface area contributed by atoms with E-state index in [2.05, 4.69) is 38.1 Å². The van der Waals surface area contributed by atoms with E-state index in [0.717, 1.165) is 5.76 Å². The minimum absolute atomic E-state index is 0.528. The fourth-order valence-corrected chi connectivity index (χ4v) is 1.84. The first kappa shape index (κ1) is 12.9. The van der Waals surface area contributed by atoms with Crippen LogP contribution in [0.4, 0.5) is 0 Å². The Kier molecular flexibility index (Phi) is 4.59. The van der Waals surface area contributed by atoms with E-state index < -0.39 is 0 Å². The summed E-state index contributed by atoms with van der Waals surface area (Å²) in [5, 5.41) is 0. The third-order valence-electron chi connectivity index (χ3n) is 3.25. The van der Waals surface area contributed by atoms with Crippen molar-refractivity contribution in [2.24, 2.45) is 0 Å². The highest BCUT2D eigenvalue weighted by Crippen LogP contribution is 2.19. The van der Waals surface area contributed by atoms with Crippen molar-refractivity contribution in [2.45, 2.75) is 39.4 Å². The number of benzene rings is 1. The van der Waals surface area contributed by atoms with Gasteiger partial charge in [0.25, 0.3) is 0 Å². The maximum absolute atomic E-state index is 5.60. The fourth-order valence-electron chi connectivity index (χ4n) is 1.84. The summed E-state index contributed by atoms with van der Waals surface area (Å²) in [6, 6.07) is 12.5. The van der Waals surface area contributed by atoms with Crippen LogP contribution in [0.2, 0.25) is 0 Å². The lowest BCUT2D eigenvalue weighted by molar-refractivity contribution is 0.0929. The standard InChI is InChI=1S/C16H20O2/c1-3-13(2)15-8-6-14(7-9-15)11-17-12-16-5-4-10-18-16/h4-10,13H,3,11-12H2,1-2H3. The Labute approximate surface area is 109 Å². The molecule has 1 aromatic heterocycles. The molecule has 18 heavy (non-hydrogen) atoms. The fraction of sp³-hybridized carbons (Fsp3) is 0.375. The van der Waals surface area contributed by atoms with Crippen LogP contribution in [0.15, 0.2) is 47.1 Å². The highest BCUT2D eigenvalue weighted by Gasteiger charge is 2.02. The maximum Gasteiger partial charge on any atom is 0.129 e. The van der Waals surface area contributed by atoms with Crippen LogP contribution >= 0.6 is 0 Å². The summed E-state index contributed by atoms with van der Waals surface area (Å²) < 4.78 is 10.8. The normalized spacial score (nSPS) is 12.6. The number of rotatable bonds is 6. The molecule has 2 nitrogen and oxygen atoms in total. The zero-order chi connectivity index (χ0) is 12.8. The molecule has 0 fully saturated rings. The predicted octanol–water partition coefficient (Wildman–Crippen LogP) is 4.51. The van der Waals surface area contributed by atoms with Gasteiger partial charge in [-0.15, -0.1) is 0 Å². The molecule has 0 spiro atoms. The van der Waals surface area contributed by atoms with E-state index in [1.165, 1.54) is 17.5 Å². The Morgan fingerprint density at radius 1 is 1.11 bits per heavy atom. The number of hydrogen-bond acceptors (Lipinski definition) is 2. The second-order valence-corrected chi connectivity index (χ2v) is 4.62. The summed E-state index contributed by atoms with van der Waals surface area (Å²) in [4.78, 5) is 0. The minimum Gasteiger partial charge on any atom is -0.467 e. The molecular weight excluding hydrogens is 224 g/mol. The van der Waals surface area contributed by atoms with Gasteiger partial charge in [0.05, 0.1) is 12.9 Å². The van der Waals surface area contributed by atoms with Crippen LogP contribution in [0.1, 0.15) is 43.1 Å². The molecule has 0 amide bonds. The number of hydrogen-bond donors (Lipinski definition) is 0. The Balaban J connectivity index is 1.83. The summed E-state index contributed by atoms with van der Waals surface area (Å²) in [5.41, 5.74) is 2.60. The highest BCUT2D eigenvalue weighted by atomic mass is 16.5. The monoisotopic (exact) mass is 244 g/mol. The third-order valence-corrected chi connectivity index (χ3v) is 3.25. The number of ether oxygens (including phenoxy) is 1. The van der Waals surface area contributed by atoms with Crippen LogP contribution in [0, 0.1) is 0 Å². The molecular formula is C16H20O2. The molecule has 1 heterocycles. The van der Waals surface area contributed by atoms with Crippen LogP contribution in [-0.4, -0.2) is 0 Å². The van der Waals surface area contributed by atoms with Crippen molar-refractivity contribution < 1.29 is 9.15 Å². The minimum atomic E-state index is 0.528. The smallest absolute Gasteiger partial charge is 0.129 e. The van der Waals surface area contributed by atoms with Gasteiger partial charge in [0.15, 0.2) is 0 Å². The van der Waals surface area contributed by atoms with Gasteiger partial charge in [0, 0.05) is 0 Å². The van der Waals surface area contributed by atoms with Crippen molar-refractivity contribution in [1.29, 1.82) is 0 Å². The lowest BCUT2D eigenvalue weighted by Crippen LogP contribution is -1.95. The topological polar surface area (TPSA) is 22.4 Å². The molecule has 2 rings (SSSR count). The molecule has 0 aliphatic heterocycles. The second-order valence-electron chi connectivity index (χ2n) is 4.62. The molecule has 1 unspecified atom stereocenters. The Hall–Kier alpha value is -1.54. The van der Waals surface area contributed by atoms with Crippen molar-refractivity contribution in [3.8, 4) is 0 Å². The van der Waals surface area contributed by atoms with Gasteiger partial charge in [-0.2, -0.15) is 0 Å². The van der Waals surface area contributed by atoms with Crippen molar-refractivity contribution >= 4 is 0 Å². The summed E-state index contributed by atoms with van der Waals surface area (Å²) in [6.45, 7) is 5.62. The molecule has 0 aliphatic rings. The quantitative estimate of drug-likeness (QED) is 0.746. The van der Waals surface area contributed by atoms with Crippen LogP contribution in [0.3, 0.4) is 0 Å². The lowest BCUT2D eigenvalue weighted by Gasteiger charge is -2.09. The third kappa shape index (κ3) is 3.47. The van der Waals surface area contributed by atoms with E-state index in [9.17, 15) is 0 Å². The first-order valence-corrected chi connectivity index (χ1v) is 6.48. The Morgan fingerprint density at radius 2 is 1.89 bits per heavy atom. The largest absolute Gasteiger partial charge is 0.467 e. The highest BCUT2D eigenvalue weighted by molar-refractivity contribution is 5.24. The van der Waals surface area contributed by atoms with E-state index in [1.807, 2.05) is 12.1 Å². The van der Waals surface area contributed by atoms with Crippen LogP contribution < -0.4 is 0 Å². The summed E-state index contributed by atoms with van der Waals surface area (Å²) in [5.74, 6) is 1.49. The zero-order valence-electron chi connectivity index (χ0n) is 11.1. The Morgan fingerprint density at radius 3 is 2.50 bits per heavy atom. The van der Waals surface area contributed by atoms with Crippen molar-refractivity contribution in [2.75, 3.05) is 0 Å². The van der Waals surface area contributed by atoms with Gasteiger partial charge in [0.1, 0.15) is 12.4 Å². The summed E-state index contributed by atoms with van der Waals surface area (Å²) >= 11 is 0. The lowest BCUT2D eigenvalue weighted by atomic mass is 9.98. The molecule has 0 aliphatic carbocycles. The van der Waals surface area contributed by atoms with Gasteiger partial charge in [-0.25, -0.2) is 0 Å². The SMILES string of the molecule is CCC(C)c1ccc(COCc2ccco2)cc1. The molecule has 0 saturated heterocycles. The second kappa shape index (κ2) is 6.41. The molecule has 1 atom stereocenters.